The van der Waals surface area contributed by atoms with Crippen molar-refractivity contribution < 1.29 is 37.3 Å². The summed E-state index contributed by atoms with van der Waals surface area (Å²) in [5, 5.41) is 15.7. The molecular weight excluding hydrogens is 535 g/mol. The second-order valence-corrected chi connectivity index (χ2v) is 12.1. The van der Waals surface area contributed by atoms with Gasteiger partial charge in [-0.3, -0.25) is 4.79 Å². The van der Waals surface area contributed by atoms with E-state index in [4.69, 9.17) is 9.47 Å². The Morgan fingerprint density at radius 2 is 1.68 bits per heavy atom. The van der Waals surface area contributed by atoms with Crippen molar-refractivity contribution in [1.29, 1.82) is 0 Å². The second-order valence-electron chi connectivity index (χ2n) is 12.1. The zero-order valence-electron chi connectivity index (χ0n) is 22.7. The lowest BCUT2D eigenvalue weighted by Crippen LogP contribution is -2.64. The Hall–Kier alpha value is -3.59. The molecule has 0 radical (unpaired) electrons. The van der Waals surface area contributed by atoms with Crippen molar-refractivity contribution >= 4 is 22.6 Å². The van der Waals surface area contributed by atoms with Gasteiger partial charge >= 0.3 is 12.1 Å². The molecule has 4 aliphatic carbocycles. The van der Waals surface area contributed by atoms with Crippen molar-refractivity contribution in [1.82, 2.24) is 5.32 Å². The van der Waals surface area contributed by atoms with Gasteiger partial charge in [0.1, 0.15) is 18.4 Å². The van der Waals surface area contributed by atoms with Gasteiger partial charge in [0.2, 0.25) is 0 Å². The van der Waals surface area contributed by atoms with Crippen molar-refractivity contribution in [3.05, 3.63) is 77.4 Å². The maximum absolute atomic E-state index is 13.9. The fourth-order valence-electron chi connectivity index (χ4n) is 7.93. The number of aliphatic hydroxyl groups is 1. The molecule has 6 nitrogen and oxygen atoms in total. The summed E-state index contributed by atoms with van der Waals surface area (Å²) in [4.78, 5) is 27.1. The minimum absolute atomic E-state index is 0.0623. The Labute approximate surface area is 235 Å². The van der Waals surface area contributed by atoms with Crippen LogP contribution in [0, 0.1) is 17.3 Å². The lowest BCUT2D eigenvalue weighted by Gasteiger charge is -2.61. The molecule has 0 heterocycles. The van der Waals surface area contributed by atoms with Gasteiger partial charge in [-0.15, -0.1) is 0 Å². The van der Waals surface area contributed by atoms with E-state index in [1.165, 1.54) is 19.2 Å². The first kappa shape index (κ1) is 27.6. The molecule has 0 spiro atoms. The van der Waals surface area contributed by atoms with Gasteiger partial charge in [0, 0.05) is 10.8 Å². The molecule has 7 rings (SSSR count). The number of alkyl halides is 3. The number of fused-ring (bicyclic) bond motifs is 1. The molecule has 4 saturated carbocycles. The molecule has 3 aromatic rings. The minimum atomic E-state index is -4.44. The second kappa shape index (κ2) is 10.0. The van der Waals surface area contributed by atoms with E-state index in [-0.39, 0.29) is 17.9 Å². The molecule has 2 N–H and O–H groups in total. The molecule has 9 heteroatoms. The summed E-state index contributed by atoms with van der Waals surface area (Å²) in [6.45, 7) is -0.0623. The monoisotopic (exact) mass is 567 g/mol. The zero-order valence-corrected chi connectivity index (χ0v) is 22.7. The van der Waals surface area contributed by atoms with E-state index in [2.05, 4.69) is 5.32 Å². The Morgan fingerprint density at radius 1 is 1.00 bits per heavy atom. The number of benzene rings is 3. The topological polar surface area (TPSA) is 84.9 Å². The van der Waals surface area contributed by atoms with E-state index in [0.29, 0.717) is 29.2 Å². The van der Waals surface area contributed by atoms with Crippen LogP contribution in [0.3, 0.4) is 0 Å². The van der Waals surface area contributed by atoms with Crippen LogP contribution in [0.15, 0.2) is 60.7 Å². The highest BCUT2D eigenvalue weighted by molar-refractivity contribution is 6.05. The van der Waals surface area contributed by atoms with Crippen molar-refractivity contribution in [3.63, 3.8) is 0 Å². The van der Waals surface area contributed by atoms with Crippen LogP contribution in [0.5, 0.6) is 5.75 Å². The molecule has 0 saturated heterocycles. The predicted octanol–water partition coefficient (Wildman–Crippen LogP) is 6.04. The molecule has 4 bridgehead atoms. The zero-order chi connectivity index (χ0) is 29.0. The summed E-state index contributed by atoms with van der Waals surface area (Å²) in [7, 11) is 1.30. The van der Waals surface area contributed by atoms with E-state index in [0.717, 1.165) is 49.6 Å². The predicted molar refractivity (Wildman–Crippen MR) is 145 cm³/mol. The highest BCUT2D eigenvalue weighted by Crippen LogP contribution is 2.63. The first-order valence-electron chi connectivity index (χ1n) is 13.9. The van der Waals surface area contributed by atoms with E-state index in [9.17, 15) is 27.9 Å². The fourth-order valence-corrected chi connectivity index (χ4v) is 7.93. The molecule has 4 aliphatic rings. The SMILES string of the molecule is COC(=O)[C@@H](NC(=O)c1ccc2ccccc2c1OCc1ccc(C(F)(F)F)cc1)C12CC3CC(CC(O)(C3)C1)C2. The van der Waals surface area contributed by atoms with Crippen LogP contribution in [0.1, 0.15) is 60.0 Å². The number of nitrogens with one attached hydrogen (secondary N) is 1. The Bertz CT molecular complexity index is 1470. The van der Waals surface area contributed by atoms with Crippen LogP contribution in [0.2, 0.25) is 0 Å². The number of methoxy groups -OCH3 is 1. The van der Waals surface area contributed by atoms with Crippen LogP contribution in [0.4, 0.5) is 13.2 Å². The Morgan fingerprint density at radius 3 is 2.32 bits per heavy atom. The average molecular weight is 568 g/mol. The summed E-state index contributed by atoms with van der Waals surface area (Å²) in [5.74, 6) is -0.191. The van der Waals surface area contributed by atoms with E-state index in [1.54, 1.807) is 18.2 Å². The fraction of sp³-hybridized carbons (Fsp3) is 0.438. The van der Waals surface area contributed by atoms with Gasteiger partial charge in [0.05, 0.1) is 23.8 Å². The third kappa shape index (κ3) is 5.16. The number of ether oxygens (including phenoxy) is 2. The van der Waals surface area contributed by atoms with Gasteiger partial charge in [-0.1, -0.05) is 42.5 Å². The van der Waals surface area contributed by atoms with E-state index < -0.39 is 40.7 Å². The van der Waals surface area contributed by atoms with Crippen LogP contribution in [-0.2, 0) is 22.3 Å². The van der Waals surface area contributed by atoms with Crippen LogP contribution < -0.4 is 10.1 Å². The van der Waals surface area contributed by atoms with Gasteiger partial charge in [-0.25, -0.2) is 4.79 Å². The van der Waals surface area contributed by atoms with Crippen molar-refractivity contribution in [2.45, 2.75) is 63.0 Å². The van der Waals surface area contributed by atoms with Gasteiger partial charge in [-0.2, -0.15) is 13.2 Å². The molecule has 3 atom stereocenters. The first-order chi connectivity index (χ1) is 19.5. The van der Waals surface area contributed by atoms with E-state index in [1.807, 2.05) is 18.2 Å². The first-order valence-corrected chi connectivity index (χ1v) is 13.9. The molecule has 3 aromatic carbocycles. The molecule has 216 valence electrons. The Kier molecular flexibility index (Phi) is 6.76. The number of rotatable bonds is 7. The maximum atomic E-state index is 13.9. The summed E-state index contributed by atoms with van der Waals surface area (Å²) in [6, 6.07) is 14.5. The molecule has 41 heavy (non-hydrogen) atoms. The van der Waals surface area contributed by atoms with Crippen molar-refractivity contribution in [3.8, 4) is 5.75 Å². The number of hydrogen-bond acceptors (Lipinski definition) is 5. The van der Waals surface area contributed by atoms with Crippen molar-refractivity contribution in [2.24, 2.45) is 17.3 Å². The number of carbonyl (C=O) groups is 2. The van der Waals surface area contributed by atoms with Crippen LogP contribution >= 0.6 is 0 Å². The van der Waals surface area contributed by atoms with Crippen LogP contribution in [0.25, 0.3) is 10.8 Å². The third-order valence-electron chi connectivity index (χ3n) is 9.19. The summed E-state index contributed by atoms with van der Waals surface area (Å²) in [6.07, 6.45) is -0.0650. The van der Waals surface area contributed by atoms with Crippen LogP contribution in [-0.4, -0.2) is 35.7 Å². The average Bonchev–Trinajstić information content (AvgIpc) is 2.92. The van der Waals surface area contributed by atoms with E-state index >= 15 is 0 Å². The third-order valence-corrected chi connectivity index (χ3v) is 9.19. The number of amides is 1. The number of esters is 1. The van der Waals surface area contributed by atoms with Gasteiger partial charge in [0.25, 0.3) is 5.91 Å². The number of carbonyl (C=O) groups excluding carboxylic acids is 2. The summed E-state index contributed by atoms with van der Waals surface area (Å²) < 4.78 is 50.3. The Balaban J connectivity index is 1.30. The summed E-state index contributed by atoms with van der Waals surface area (Å²) >= 11 is 0. The highest BCUT2D eigenvalue weighted by atomic mass is 19.4. The van der Waals surface area contributed by atoms with Gasteiger partial charge in [-0.05, 0) is 79.5 Å². The smallest absolute Gasteiger partial charge is 0.416 e. The maximum Gasteiger partial charge on any atom is 0.416 e. The van der Waals surface area contributed by atoms with Crippen molar-refractivity contribution in [2.75, 3.05) is 7.11 Å². The lowest BCUT2D eigenvalue weighted by molar-refractivity contribution is -0.183. The molecular formula is C32H32F3NO5. The molecule has 2 unspecified atom stereocenters. The molecule has 0 aliphatic heterocycles. The molecule has 1 amide bonds. The van der Waals surface area contributed by atoms with Gasteiger partial charge < -0.3 is 19.9 Å². The van der Waals surface area contributed by atoms with Gasteiger partial charge in [0.15, 0.2) is 0 Å². The summed E-state index contributed by atoms with van der Waals surface area (Å²) in [5.41, 5.74) is -1.48. The normalized spacial score (nSPS) is 27.4. The standard InChI is InChI=1S/C32H32F3NO5/c1-40-29(38)27(30-13-20-12-21(14-30)16-31(39,15-20)18-30)36-28(37)25-11-8-22-4-2-3-5-24(22)26(25)41-17-19-6-9-23(10-7-19)32(33,34)35/h2-11,20-21,27,39H,12-18H2,1H3,(H,36,37)/t20?,21?,27-,30?,31?/m1/s1. The quantitative estimate of drug-likeness (QED) is 0.340. The highest BCUT2D eigenvalue weighted by Gasteiger charge is 2.61. The molecule has 4 fully saturated rings. The number of halogens is 3. The minimum Gasteiger partial charge on any atom is -0.487 e. The number of hydrogen-bond donors (Lipinski definition) is 2. The largest absolute Gasteiger partial charge is 0.487 e. The lowest BCUT2D eigenvalue weighted by atomic mass is 9.46. The molecule has 0 aromatic heterocycles.